The van der Waals surface area contributed by atoms with Crippen LogP contribution in [0.5, 0.6) is 0 Å². The number of rotatable bonds is 5. The number of halogens is 2. The van der Waals surface area contributed by atoms with E-state index in [1.54, 1.807) is 0 Å². The Labute approximate surface area is 116 Å². The number of anilines is 1. The Hall–Kier alpha value is -1.50. The lowest BCUT2D eigenvalue weighted by atomic mass is 9.82. The Morgan fingerprint density at radius 3 is 2.80 bits per heavy atom. The largest absolute Gasteiger partial charge is 0.389 e. The molecular weight excluding hydrogens is 268 g/mol. The van der Waals surface area contributed by atoms with Crippen molar-refractivity contribution in [1.82, 2.24) is 9.78 Å². The van der Waals surface area contributed by atoms with E-state index in [-0.39, 0.29) is 12.3 Å². The van der Waals surface area contributed by atoms with Crippen molar-refractivity contribution < 1.29 is 18.7 Å². The zero-order valence-electron chi connectivity index (χ0n) is 11.2. The molecule has 112 valence electrons. The van der Waals surface area contributed by atoms with Gasteiger partial charge >= 0.3 is 0 Å². The Bertz CT molecular complexity index is 456. The SMILES string of the molecule is O=C(CC1(O)CCCCC1)Nc1cnn(CC(F)F)c1. The summed E-state index contributed by atoms with van der Waals surface area (Å²) in [6.07, 6.45) is 4.43. The zero-order valence-corrected chi connectivity index (χ0v) is 11.2. The fourth-order valence-electron chi connectivity index (χ4n) is 2.56. The number of aromatic nitrogens is 2. The summed E-state index contributed by atoms with van der Waals surface area (Å²) in [4.78, 5) is 11.9. The maximum Gasteiger partial charge on any atom is 0.257 e. The number of carbonyl (C=O) groups is 1. The van der Waals surface area contributed by atoms with Gasteiger partial charge in [0.15, 0.2) is 0 Å². The lowest BCUT2D eigenvalue weighted by Crippen LogP contribution is -2.35. The molecule has 1 aromatic heterocycles. The van der Waals surface area contributed by atoms with Crippen molar-refractivity contribution in [2.24, 2.45) is 0 Å². The molecule has 0 aromatic carbocycles. The first-order chi connectivity index (χ1) is 9.47. The quantitative estimate of drug-likeness (QED) is 0.872. The van der Waals surface area contributed by atoms with Gasteiger partial charge in [-0.25, -0.2) is 8.78 Å². The third-order valence-corrected chi connectivity index (χ3v) is 3.52. The second-order valence-corrected chi connectivity index (χ2v) is 5.35. The van der Waals surface area contributed by atoms with Crippen molar-refractivity contribution in [3.63, 3.8) is 0 Å². The lowest BCUT2D eigenvalue weighted by molar-refractivity contribution is -0.122. The standard InChI is InChI=1S/C13H19F2N3O2/c14-11(15)9-18-8-10(7-16-18)17-12(19)6-13(20)4-2-1-3-5-13/h7-8,11,20H,1-6,9H2,(H,17,19). The highest BCUT2D eigenvalue weighted by Crippen LogP contribution is 2.31. The van der Waals surface area contributed by atoms with Crippen LogP contribution in [0.4, 0.5) is 14.5 Å². The first-order valence-corrected chi connectivity index (χ1v) is 6.80. The number of hydrogen-bond acceptors (Lipinski definition) is 3. The minimum absolute atomic E-state index is 0.0347. The van der Waals surface area contributed by atoms with E-state index in [1.165, 1.54) is 12.4 Å². The predicted molar refractivity (Wildman–Crippen MR) is 69.5 cm³/mol. The molecule has 5 nitrogen and oxygen atoms in total. The molecule has 1 amide bonds. The van der Waals surface area contributed by atoms with Gasteiger partial charge in [-0.2, -0.15) is 5.10 Å². The van der Waals surface area contributed by atoms with Gasteiger partial charge in [-0.15, -0.1) is 0 Å². The molecule has 7 heteroatoms. The molecule has 1 aliphatic carbocycles. The lowest BCUT2D eigenvalue weighted by Gasteiger charge is -2.31. The van der Waals surface area contributed by atoms with Crippen molar-refractivity contribution >= 4 is 11.6 Å². The van der Waals surface area contributed by atoms with Crippen molar-refractivity contribution in [3.8, 4) is 0 Å². The van der Waals surface area contributed by atoms with E-state index in [0.29, 0.717) is 18.5 Å². The van der Waals surface area contributed by atoms with Gasteiger partial charge in [0.05, 0.1) is 23.9 Å². The van der Waals surface area contributed by atoms with Crippen molar-refractivity contribution in [2.45, 2.75) is 57.1 Å². The molecule has 2 N–H and O–H groups in total. The molecule has 0 bridgehead atoms. The normalized spacial score (nSPS) is 18.2. The fraction of sp³-hybridized carbons (Fsp3) is 0.692. The molecule has 1 heterocycles. The third kappa shape index (κ3) is 4.26. The Kier molecular flexibility index (Phi) is 4.69. The van der Waals surface area contributed by atoms with Gasteiger partial charge in [0.2, 0.25) is 5.91 Å². The van der Waals surface area contributed by atoms with E-state index < -0.39 is 18.6 Å². The van der Waals surface area contributed by atoms with Crippen molar-refractivity contribution in [2.75, 3.05) is 5.32 Å². The highest BCUT2D eigenvalue weighted by atomic mass is 19.3. The summed E-state index contributed by atoms with van der Waals surface area (Å²) in [7, 11) is 0. The Morgan fingerprint density at radius 1 is 1.45 bits per heavy atom. The van der Waals surface area contributed by atoms with Crippen LogP contribution in [0.2, 0.25) is 0 Å². The van der Waals surface area contributed by atoms with Crippen LogP contribution in [0, 0.1) is 0 Å². The summed E-state index contributed by atoms with van der Waals surface area (Å²) in [6, 6.07) is 0. The summed E-state index contributed by atoms with van der Waals surface area (Å²) in [5, 5.41) is 16.6. The molecule has 0 aliphatic heterocycles. The molecule has 1 saturated carbocycles. The molecule has 20 heavy (non-hydrogen) atoms. The monoisotopic (exact) mass is 287 g/mol. The second kappa shape index (κ2) is 6.30. The van der Waals surface area contributed by atoms with Crippen LogP contribution in [-0.2, 0) is 11.3 Å². The molecule has 1 fully saturated rings. The molecule has 1 aliphatic rings. The summed E-state index contributed by atoms with van der Waals surface area (Å²) in [6.45, 7) is -0.500. The summed E-state index contributed by atoms with van der Waals surface area (Å²) in [5.74, 6) is -0.314. The smallest absolute Gasteiger partial charge is 0.257 e. The van der Waals surface area contributed by atoms with Crippen LogP contribution in [0.3, 0.4) is 0 Å². The zero-order chi connectivity index (χ0) is 14.6. The van der Waals surface area contributed by atoms with E-state index >= 15 is 0 Å². The molecular formula is C13H19F2N3O2. The van der Waals surface area contributed by atoms with Gasteiger partial charge in [-0.1, -0.05) is 19.3 Å². The average molecular weight is 287 g/mol. The number of amides is 1. The van der Waals surface area contributed by atoms with Gasteiger partial charge in [0, 0.05) is 6.20 Å². The van der Waals surface area contributed by atoms with Gasteiger partial charge in [-0.05, 0) is 12.8 Å². The number of nitrogens with one attached hydrogen (secondary N) is 1. The van der Waals surface area contributed by atoms with Crippen LogP contribution < -0.4 is 5.32 Å². The average Bonchev–Trinajstić information content (AvgIpc) is 2.75. The molecule has 0 saturated heterocycles. The van der Waals surface area contributed by atoms with Gasteiger partial charge < -0.3 is 10.4 Å². The number of nitrogens with zero attached hydrogens (tertiary/aromatic N) is 2. The molecule has 0 spiro atoms. The first kappa shape index (κ1) is 14.9. The molecule has 0 unspecified atom stereocenters. The van der Waals surface area contributed by atoms with E-state index in [0.717, 1.165) is 23.9 Å². The number of carbonyl (C=O) groups excluding carboxylic acids is 1. The van der Waals surface area contributed by atoms with Crippen molar-refractivity contribution in [1.29, 1.82) is 0 Å². The van der Waals surface area contributed by atoms with Crippen LogP contribution in [-0.4, -0.2) is 32.8 Å². The van der Waals surface area contributed by atoms with Gasteiger partial charge in [0.1, 0.15) is 6.54 Å². The fourth-order valence-corrected chi connectivity index (χ4v) is 2.56. The van der Waals surface area contributed by atoms with E-state index in [2.05, 4.69) is 10.4 Å². The van der Waals surface area contributed by atoms with Crippen LogP contribution in [0.1, 0.15) is 38.5 Å². The highest BCUT2D eigenvalue weighted by molar-refractivity contribution is 5.91. The summed E-state index contributed by atoms with van der Waals surface area (Å²) in [5.41, 5.74) is -0.559. The van der Waals surface area contributed by atoms with Crippen LogP contribution in [0.15, 0.2) is 12.4 Å². The Balaban J connectivity index is 1.86. The predicted octanol–water partition coefficient (Wildman–Crippen LogP) is 2.17. The van der Waals surface area contributed by atoms with Crippen molar-refractivity contribution in [3.05, 3.63) is 12.4 Å². The molecule has 0 atom stereocenters. The minimum atomic E-state index is -2.48. The minimum Gasteiger partial charge on any atom is -0.389 e. The van der Waals surface area contributed by atoms with E-state index in [1.807, 2.05) is 0 Å². The van der Waals surface area contributed by atoms with Gasteiger partial charge in [0.25, 0.3) is 6.43 Å². The van der Waals surface area contributed by atoms with Gasteiger partial charge in [-0.3, -0.25) is 9.48 Å². The maximum absolute atomic E-state index is 12.2. The summed E-state index contributed by atoms with van der Waals surface area (Å²) >= 11 is 0. The molecule has 1 aromatic rings. The number of hydrogen-bond donors (Lipinski definition) is 2. The van der Waals surface area contributed by atoms with Crippen LogP contribution >= 0.6 is 0 Å². The second-order valence-electron chi connectivity index (χ2n) is 5.35. The number of alkyl halides is 2. The highest BCUT2D eigenvalue weighted by Gasteiger charge is 2.31. The first-order valence-electron chi connectivity index (χ1n) is 6.80. The summed E-state index contributed by atoms with van der Waals surface area (Å²) < 4.78 is 25.4. The van der Waals surface area contributed by atoms with Crippen LogP contribution in [0.25, 0.3) is 0 Å². The molecule has 0 radical (unpaired) electrons. The Morgan fingerprint density at radius 2 is 2.15 bits per heavy atom. The molecule has 2 rings (SSSR count). The number of aliphatic hydroxyl groups is 1. The maximum atomic E-state index is 12.2. The van der Waals surface area contributed by atoms with E-state index in [4.69, 9.17) is 0 Å². The third-order valence-electron chi connectivity index (χ3n) is 3.52. The topological polar surface area (TPSA) is 67.2 Å². The van der Waals surface area contributed by atoms with E-state index in [9.17, 15) is 18.7 Å².